The standard InChI is InChI=1S/C13H13ClN2O2S/c1-8(9(2)17)13-15-12(16-18-13)7-19-11-5-3-10(14)4-6-11/h3-6,8H,7H2,1-2H3. The molecule has 0 aliphatic rings. The van der Waals surface area contributed by atoms with E-state index >= 15 is 0 Å². The van der Waals surface area contributed by atoms with Crippen LogP contribution in [0.5, 0.6) is 0 Å². The van der Waals surface area contributed by atoms with Crippen LogP contribution in [0.25, 0.3) is 0 Å². The molecule has 1 aromatic carbocycles. The van der Waals surface area contributed by atoms with Crippen molar-refractivity contribution in [2.75, 3.05) is 0 Å². The third kappa shape index (κ3) is 3.81. The normalized spacial score (nSPS) is 12.4. The molecule has 0 amide bonds. The Morgan fingerprint density at radius 3 is 2.74 bits per heavy atom. The van der Waals surface area contributed by atoms with Gasteiger partial charge in [0.25, 0.3) is 0 Å². The van der Waals surface area contributed by atoms with Crippen molar-refractivity contribution in [3.05, 3.63) is 41.0 Å². The third-order valence-corrected chi connectivity index (χ3v) is 3.91. The summed E-state index contributed by atoms with van der Waals surface area (Å²) in [5, 5.41) is 4.58. The van der Waals surface area contributed by atoms with Gasteiger partial charge >= 0.3 is 0 Å². The van der Waals surface area contributed by atoms with Crippen molar-refractivity contribution < 1.29 is 9.32 Å². The van der Waals surface area contributed by atoms with Crippen molar-refractivity contribution in [1.29, 1.82) is 0 Å². The van der Waals surface area contributed by atoms with Crippen LogP contribution in [-0.2, 0) is 10.5 Å². The lowest BCUT2D eigenvalue weighted by Crippen LogP contribution is -2.04. The van der Waals surface area contributed by atoms with Gasteiger partial charge in [-0.3, -0.25) is 4.79 Å². The van der Waals surface area contributed by atoms with Crippen LogP contribution in [0.1, 0.15) is 31.5 Å². The molecule has 2 rings (SSSR count). The van der Waals surface area contributed by atoms with E-state index in [4.69, 9.17) is 16.1 Å². The summed E-state index contributed by atoms with van der Waals surface area (Å²) < 4.78 is 5.08. The summed E-state index contributed by atoms with van der Waals surface area (Å²) in [5.74, 6) is 1.22. The van der Waals surface area contributed by atoms with Crippen LogP contribution >= 0.6 is 23.4 Å². The Hall–Kier alpha value is -1.33. The highest BCUT2D eigenvalue weighted by atomic mass is 35.5. The van der Waals surface area contributed by atoms with E-state index in [-0.39, 0.29) is 11.7 Å². The summed E-state index contributed by atoms with van der Waals surface area (Å²) in [5.41, 5.74) is 0. The fourth-order valence-corrected chi connectivity index (χ4v) is 2.22. The molecule has 100 valence electrons. The zero-order valence-electron chi connectivity index (χ0n) is 10.6. The molecule has 1 aromatic heterocycles. The lowest BCUT2D eigenvalue weighted by Gasteiger charge is -1.99. The van der Waals surface area contributed by atoms with Crippen LogP contribution < -0.4 is 0 Å². The minimum Gasteiger partial charge on any atom is -0.339 e. The molecule has 19 heavy (non-hydrogen) atoms. The predicted octanol–water partition coefficient (Wildman–Crippen LogP) is 3.71. The molecular weight excluding hydrogens is 284 g/mol. The molecule has 0 saturated heterocycles. The Bertz CT molecular complexity index is 568. The number of Topliss-reactive ketones (excluding diaryl/α,β-unsaturated/α-hetero) is 1. The first-order valence-corrected chi connectivity index (χ1v) is 7.14. The highest BCUT2D eigenvalue weighted by Crippen LogP contribution is 2.24. The van der Waals surface area contributed by atoms with Crippen molar-refractivity contribution >= 4 is 29.1 Å². The van der Waals surface area contributed by atoms with Gasteiger partial charge in [0.05, 0.1) is 11.7 Å². The molecule has 0 N–H and O–H groups in total. The molecule has 0 bridgehead atoms. The zero-order chi connectivity index (χ0) is 13.8. The molecule has 6 heteroatoms. The Balaban J connectivity index is 1.97. The maximum absolute atomic E-state index is 11.2. The van der Waals surface area contributed by atoms with Crippen LogP contribution in [-0.4, -0.2) is 15.9 Å². The number of benzene rings is 1. The van der Waals surface area contributed by atoms with E-state index in [9.17, 15) is 4.79 Å². The molecule has 0 saturated carbocycles. The Morgan fingerprint density at radius 1 is 1.42 bits per heavy atom. The van der Waals surface area contributed by atoms with Gasteiger partial charge in [0.2, 0.25) is 5.89 Å². The Labute approximate surface area is 120 Å². The zero-order valence-corrected chi connectivity index (χ0v) is 12.2. The van der Waals surface area contributed by atoms with Crippen molar-refractivity contribution in [3.8, 4) is 0 Å². The van der Waals surface area contributed by atoms with E-state index in [1.54, 1.807) is 18.7 Å². The highest BCUT2D eigenvalue weighted by molar-refractivity contribution is 7.98. The van der Waals surface area contributed by atoms with Gasteiger partial charge in [-0.15, -0.1) is 11.8 Å². The Morgan fingerprint density at radius 2 is 2.11 bits per heavy atom. The van der Waals surface area contributed by atoms with Crippen molar-refractivity contribution in [2.45, 2.75) is 30.4 Å². The van der Waals surface area contributed by atoms with E-state index in [1.165, 1.54) is 6.92 Å². The average molecular weight is 297 g/mol. The van der Waals surface area contributed by atoms with E-state index in [2.05, 4.69) is 10.1 Å². The number of hydrogen-bond donors (Lipinski definition) is 0. The van der Waals surface area contributed by atoms with Gasteiger partial charge < -0.3 is 4.52 Å². The molecule has 0 fully saturated rings. The van der Waals surface area contributed by atoms with Crippen LogP contribution in [0.3, 0.4) is 0 Å². The fourth-order valence-electron chi connectivity index (χ4n) is 1.35. The number of carbonyl (C=O) groups is 1. The molecular formula is C13H13ClN2O2S. The van der Waals surface area contributed by atoms with E-state index < -0.39 is 0 Å². The first kappa shape index (κ1) is 14.1. The highest BCUT2D eigenvalue weighted by Gasteiger charge is 2.18. The summed E-state index contributed by atoms with van der Waals surface area (Å²) in [6.07, 6.45) is 0. The molecule has 0 radical (unpaired) electrons. The first-order valence-electron chi connectivity index (χ1n) is 5.77. The molecule has 0 aliphatic carbocycles. The topological polar surface area (TPSA) is 56.0 Å². The monoisotopic (exact) mass is 296 g/mol. The number of rotatable bonds is 5. The van der Waals surface area contributed by atoms with Crippen LogP contribution in [0, 0.1) is 0 Å². The summed E-state index contributed by atoms with van der Waals surface area (Å²) >= 11 is 7.40. The number of hydrogen-bond acceptors (Lipinski definition) is 5. The minimum absolute atomic E-state index is 0.0144. The molecule has 0 spiro atoms. The SMILES string of the molecule is CC(=O)C(C)c1nc(CSc2ccc(Cl)cc2)no1. The molecule has 0 aliphatic heterocycles. The smallest absolute Gasteiger partial charge is 0.236 e. The van der Waals surface area contributed by atoms with Gasteiger partial charge in [-0.1, -0.05) is 16.8 Å². The Kier molecular flexibility index (Phi) is 4.61. The van der Waals surface area contributed by atoms with E-state index in [1.807, 2.05) is 24.3 Å². The second-order valence-corrected chi connectivity index (χ2v) is 5.61. The third-order valence-electron chi connectivity index (χ3n) is 2.65. The molecule has 1 unspecified atom stereocenters. The largest absolute Gasteiger partial charge is 0.339 e. The maximum atomic E-state index is 11.2. The number of nitrogens with zero attached hydrogens (tertiary/aromatic N) is 2. The quantitative estimate of drug-likeness (QED) is 0.787. The number of halogens is 1. The van der Waals surface area contributed by atoms with Crippen LogP contribution in [0.15, 0.2) is 33.7 Å². The maximum Gasteiger partial charge on any atom is 0.236 e. The predicted molar refractivity (Wildman–Crippen MR) is 74.4 cm³/mol. The molecule has 4 nitrogen and oxygen atoms in total. The van der Waals surface area contributed by atoms with Gasteiger partial charge in [-0.25, -0.2) is 0 Å². The fraction of sp³-hybridized carbons (Fsp3) is 0.308. The van der Waals surface area contributed by atoms with Crippen LogP contribution in [0.4, 0.5) is 0 Å². The molecule has 1 atom stereocenters. The minimum atomic E-state index is -0.346. The lowest BCUT2D eigenvalue weighted by atomic mass is 10.1. The van der Waals surface area contributed by atoms with Crippen LogP contribution in [0.2, 0.25) is 5.02 Å². The summed E-state index contributed by atoms with van der Waals surface area (Å²) in [6, 6.07) is 7.55. The van der Waals surface area contributed by atoms with Gasteiger partial charge in [-0.05, 0) is 38.1 Å². The number of thioether (sulfide) groups is 1. The first-order chi connectivity index (χ1) is 9.06. The second-order valence-electron chi connectivity index (χ2n) is 4.12. The van der Waals surface area contributed by atoms with Gasteiger partial charge in [0, 0.05) is 9.92 Å². The van der Waals surface area contributed by atoms with Gasteiger partial charge in [0.1, 0.15) is 5.78 Å². The van der Waals surface area contributed by atoms with E-state index in [0.717, 1.165) is 4.90 Å². The summed E-state index contributed by atoms with van der Waals surface area (Å²) in [6.45, 7) is 3.27. The van der Waals surface area contributed by atoms with Crippen molar-refractivity contribution in [3.63, 3.8) is 0 Å². The number of ketones is 1. The molecule has 2 aromatic rings. The van der Waals surface area contributed by atoms with Crippen molar-refractivity contribution in [1.82, 2.24) is 10.1 Å². The molecule has 1 heterocycles. The summed E-state index contributed by atoms with van der Waals surface area (Å²) in [7, 11) is 0. The van der Waals surface area contributed by atoms with Gasteiger partial charge in [0.15, 0.2) is 5.82 Å². The lowest BCUT2D eigenvalue weighted by molar-refractivity contribution is -0.118. The summed E-state index contributed by atoms with van der Waals surface area (Å²) in [4.78, 5) is 16.5. The number of carbonyl (C=O) groups excluding carboxylic acids is 1. The van der Waals surface area contributed by atoms with E-state index in [0.29, 0.717) is 22.5 Å². The van der Waals surface area contributed by atoms with Gasteiger partial charge in [-0.2, -0.15) is 4.98 Å². The average Bonchev–Trinajstić information content (AvgIpc) is 2.86. The number of aromatic nitrogens is 2. The second kappa shape index (κ2) is 6.21. The van der Waals surface area contributed by atoms with Crippen molar-refractivity contribution in [2.24, 2.45) is 0 Å².